The van der Waals surface area contributed by atoms with Crippen molar-refractivity contribution < 1.29 is 13.9 Å². The summed E-state index contributed by atoms with van der Waals surface area (Å²) >= 11 is 6.18. The third-order valence-corrected chi connectivity index (χ3v) is 4.93. The molecule has 0 amide bonds. The fraction of sp³-hybridized carbons (Fsp3) is 0.409. The monoisotopic (exact) mass is 376 g/mol. The van der Waals surface area contributed by atoms with Crippen molar-refractivity contribution in [1.82, 2.24) is 0 Å². The molecular weight excluding hydrogens is 351 g/mol. The summed E-state index contributed by atoms with van der Waals surface area (Å²) < 4.78 is 20.9. The van der Waals surface area contributed by atoms with Crippen LogP contribution in [0.2, 0.25) is 5.02 Å². The Labute approximate surface area is 160 Å². The van der Waals surface area contributed by atoms with E-state index in [-0.39, 0.29) is 28.4 Å². The van der Waals surface area contributed by atoms with E-state index >= 15 is 4.39 Å². The lowest BCUT2D eigenvalue weighted by Gasteiger charge is -2.22. The van der Waals surface area contributed by atoms with Crippen LogP contribution in [0, 0.1) is 11.7 Å². The molecule has 2 rings (SSSR count). The number of carbonyl (C=O) groups is 1. The van der Waals surface area contributed by atoms with E-state index in [9.17, 15) is 4.79 Å². The summed E-state index contributed by atoms with van der Waals surface area (Å²) in [6.07, 6.45) is 2.63. The molecule has 2 atom stereocenters. The second-order valence-corrected chi connectivity index (χ2v) is 7.14. The van der Waals surface area contributed by atoms with E-state index in [2.05, 4.69) is 0 Å². The Balaban J connectivity index is 2.24. The van der Waals surface area contributed by atoms with Gasteiger partial charge in [-0.1, -0.05) is 56.6 Å². The van der Waals surface area contributed by atoms with Crippen LogP contribution in [-0.2, 0) is 4.79 Å². The number of rotatable bonds is 9. The van der Waals surface area contributed by atoms with Gasteiger partial charge in [0.2, 0.25) is 0 Å². The topological polar surface area (TPSA) is 26.3 Å². The van der Waals surface area contributed by atoms with Crippen molar-refractivity contribution in [2.24, 2.45) is 5.92 Å². The van der Waals surface area contributed by atoms with Crippen LogP contribution in [0.1, 0.15) is 57.9 Å². The van der Waals surface area contributed by atoms with Crippen LogP contribution >= 0.6 is 11.6 Å². The van der Waals surface area contributed by atoms with Gasteiger partial charge >= 0.3 is 0 Å². The smallest absolute Gasteiger partial charge is 0.181 e. The minimum absolute atomic E-state index is 0.0186. The number of carbonyl (C=O) groups excluding carboxylic acids is 1. The molecule has 0 fully saturated rings. The molecule has 0 aromatic heterocycles. The first-order chi connectivity index (χ1) is 12.5. The summed E-state index contributed by atoms with van der Waals surface area (Å²) in [5.74, 6) is 0.664. The molecule has 0 N–H and O–H groups in total. The van der Waals surface area contributed by atoms with Gasteiger partial charge < -0.3 is 4.74 Å². The Morgan fingerprint density at radius 3 is 2.46 bits per heavy atom. The molecule has 0 aliphatic rings. The van der Waals surface area contributed by atoms with Crippen LogP contribution in [0.3, 0.4) is 0 Å². The Kier molecular flexibility index (Phi) is 7.65. The number of hydrogen-bond acceptors (Lipinski definition) is 2. The highest BCUT2D eigenvalue weighted by atomic mass is 35.5. The van der Waals surface area contributed by atoms with E-state index in [1.54, 1.807) is 24.3 Å². The molecule has 0 unspecified atom stereocenters. The Bertz CT molecular complexity index is 730. The maximum Gasteiger partial charge on any atom is 0.181 e. The number of ketones is 1. The van der Waals surface area contributed by atoms with Crippen LogP contribution in [0.15, 0.2) is 42.5 Å². The van der Waals surface area contributed by atoms with Crippen molar-refractivity contribution in [2.45, 2.75) is 52.4 Å². The van der Waals surface area contributed by atoms with Gasteiger partial charge in [-0.25, -0.2) is 4.39 Å². The van der Waals surface area contributed by atoms with Crippen molar-refractivity contribution in [2.75, 3.05) is 0 Å². The normalized spacial score (nSPS) is 13.3. The molecule has 2 aromatic rings. The van der Waals surface area contributed by atoms with Gasteiger partial charge in [0, 0.05) is 12.8 Å². The Morgan fingerprint density at radius 1 is 1.15 bits per heavy atom. The van der Waals surface area contributed by atoms with Crippen LogP contribution < -0.4 is 4.74 Å². The molecule has 0 saturated carbocycles. The summed E-state index contributed by atoms with van der Waals surface area (Å²) in [5, 5.41) is 0.249. The van der Waals surface area contributed by atoms with E-state index < -0.39 is 5.82 Å². The molecule has 26 heavy (non-hydrogen) atoms. The van der Waals surface area contributed by atoms with Gasteiger partial charge in [-0.2, -0.15) is 0 Å². The zero-order chi connectivity index (χ0) is 19.1. The summed E-state index contributed by atoms with van der Waals surface area (Å²) in [5.41, 5.74) is 0.596. The predicted molar refractivity (Wildman–Crippen MR) is 105 cm³/mol. The van der Waals surface area contributed by atoms with Gasteiger partial charge in [-0.15, -0.1) is 0 Å². The molecule has 2 aromatic carbocycles. The molecule has 0 spiro atoms. The number of benzene rings is 2. The molecule has 0 saturated heterocycles. The predicted octanol–water partition coefficient (Wildman–Crippen LogP) is 7.16. The van der Waals surface area contributed by atoms with Gasteiger partial charge in [0.15, 0.2) is 11.6 Å². The van der Waals surface area contributed by atoms with Crippen LogP contribution in [-0.4, -0.2) is 5.78 Å². The minimum Gasteiger partial charge on any atom is -0.453 e. The zero-order valence-corrected chi connectivity index (χ0v) is 16.4. The Hall–Kier alpha value is -1.87. The van der Waals surface area contributed by atoms with Crippen molar-refractivity contribution in [3.63, 3.8) is 0 Å². The van der Waals surface area contributed by atoms with Gasteiger partial charge in [-0.3, -0.25) is 4.79 Å². The molecule has 0 aliphatic carbocycles. The van der Waals surface area contributed by atoms with Gasteiger partial charge in [0.25, 0.3) is 0 Å². The molecule has 2 nitrogen and oxygen atoms in total. The van der Waals surface area contributed by atoms with E-state index in [4.69, 9.17) is 16.3 Å². The highest BCUT2D eigenvalue weighted by molar-refractivity contribution is 6.32. The molecule has 4 heteroatoms. The van der Waals surface area contributed by atoms with Crippen LogP contribution in [0.25, 0.3) is 0 Å². The zero-order valence-electron chi connectivity index (χ0n) is 15.6. The fourth-order valence-electron chi connectivity index (χ4n) is 3.18. The number of ether oxygens (including phenoxy) is 1. The molecular formula is C22H26ClFO2. The average Bonchev–Trinajstić information content (AvgIpc) is 2.64. The summed E-state index contributed by atoms with van der Waals surface area (Å²) in [6, 6.07) is 12.5. The lowest BCUT2D eigenvalue weighted by Crippen LogP contribution is -2.10. The Morgan fingerprint density at radius 2 is 1.85 bits per heavy atom. The lowest BCUT2D eigenvalue weighted by atomic mass is 9.85. The lowest BCUT2D eigenvalue weighted by molar-refractivity contribution is -0.119. The third kappa shape index (κ3) is 5.31. The SMILES string of the molecule is CCC(=O)C[C@@H](C)C[C@H](CC)c1ccc(Cl)c(Oc2ccccc2)c1F. The largest absolute Gasteiger partial charge is 0.453 e. The molecule has 140 valence electrons. The first-order valence-corrected chi connectivity index (χ1v) is 9.56. The second-order valence-electron chi connectivity index (χ2n) is 6.74. The quantitative estimate of drug-likeness (QED) is 0.464. The summed E-state index contributed by atoms with van der Waals surface area (Å²) in [6.45, 7) is 5.95. The average molecular weight is 377 g/mol. The van der Waals surface area contributed by atoms with Crippen molar-refractivity contribution >= 4 is 17.4 Å². The van der Waals surface area contributed by atoms with Crippen molar-refractivity contribution in [3.8, 4) is 11.5 Å². The van der Waals surface area contributed by atoms with Crippen molar-refractivity contribution in [3.05, 3.63) is 58.9 Å². The maximum absolute atomic E-state index is 15.2. The second kappa shape index (κ2) is 9.72. The van der Waals surface area contributed by atoms with Gasteiger partial charge in [-0.05, 0) is 48.4 Å². The molecule has 0 radical (unpaired) electrons. The first kappa shape index (κ1) is 20.4. The number of hydrogen-bond donors (Lipinski definition) is 0. The maximum atomic E-state index is 15.2. The standard InChI is InChI=1S/C22H26ClFO2/c1-4-16(13-15(3)14-17(25)5-2)19-11-12-20(23)22(21(19)24)26-18-9-7-6-8-10-18/h6-12,15-16H,4-5,13-14H2,1-3H3/t15-,16-/m0/s1. The highest BCUT2D eigenvalue weighted by Gasteiger charge is 2.22. The highest BCUT2D eigenvalue weighted by Crippen LogP contribution is 2.39. The third-order valence-electron chi connectivity index (χ3n) is 4.63. The number of para-hydroxylation sites is 1. The van der Waals surface area contributed by atoms with E-state index in [0.717, 1.165) is 12.8 Å². The van der Waals surface area contributed by atoms with E-state index in [1.807, 2.05) is 39.0 Å². The first-order valence-electron chi connectivity index (χ1n) is 9.18. The summed E-state index contributed by atoms with van der Waals surface area (Å²) in [7, 11) is 0. The number of halogens is 2. The molecule has 0 heterocycles. The molecule has 0 bridgehead atoms. The van der Waals surface area contributed by atoms with E-state index in [1.165, 1.54) is 0 Å². The fourth-order valence-corrected chi connectivity index (χ4v) is 3.36. The van der Waals surface area contributed by atoms with E-state index in [0.29, 0.717) is 24.2 Å². The number of Topliss-reactive ketones (excluding diaryl/α,β-unsaturated/α-hetero) is 1. The summed E-state index contributed by atoms with van der Waals surface area (Å²) in [4.78, 5) is 11.7. The molecule has 0 aliphatic heterocycles. The van der Waals surface area contributed by atoms with Gasteiger partial charge in [0.1, 0.15) is 11.5 Å². The van der Waals surface area contributed by atoms with Crippen LogP contribution in [0.5, 0.6) is 11.5 Å². The van der Waals surface area contributed by atoms with Crippen LogP contribution in [0.4, 0.5) is 4.39 Å². The van der Waals surface area contributed by atoms with Gasteiger partial charge in [0.05, 0.1) is 5.02 Å². The van der Waals surface area contributed by atoms with Crippen molar-refractivity contribution in [1.29, 1.82) is 0 Å². The minimum atomic E-state index is -0.415.